The third kappa shape index (κ3) is 3.38. The Kier molecular flexibility index (Phi) is 4.84. The van der Waals surface area contributed by atoms with E-state index in [1.807, 2.05) is 38.1 Å². The van der Waals surface area contributed by atoms with Gasteiger partial charge in [-0.3, -0.25) is 24.3 Å². The molecule has 6 nitrogen and oxygen atoms in total. The summed E-state index contributed by atoms with van der Waals surface area (Å²) in [4.78, 5) is 43.7. The molecule has 1 N–H and O–H groups in total. The standard InChI is InChI=1S/C23H21N3O3/c1-3-4-12-26-22(28)17-11-10-16(13-18(17)23(26)29)21(27)25-19-7-5-6-15-9-8-14(2)24-20(15)19/h5-11,13H,3-4,12H2,1-2H3,(H,25,27). The number of carbonyl (C=O) groups excluding carboxylic acids is 3. The summed E-state index contributed by atoms with van der Waals surface area (Å²) in [6.07, 6.45) is 1.64. The molecule has 0 radical (unpaired) electrons. The first-order chi connectivity index (χ1) is 14.0. The van der Waals surface area contributed by atoms with Crippen LogP contribution in [0.5, 0.6) is 0 Å². The Hall–Kier alpha value is -3.54. The molecule has 0 spiro atoms. The summed E-state index contributed by atoms with van der Waals surface area (Å²) in [6, 6.07) is 14.1. The highest BCUT2D eigenvalue weighted by atomic mass is 16.2. The van der Waals surface area contributed by atoms with Crippen molar-refractivity contribution in [3.8, 4) is 0 Å². The van der Waals surface area contributed by atoms with E-state index in [0.717, 1.165) is 23.9 Å². The maximum absolute atomic E-state index is 12.8. The first-order valence-corrected chi connectivity index (χ1v) is 9.67. The zero-order chi connectivity index (χ0) is 20.5. The van der Waals surface area contributed by atoms with Crippen LogP contribution in [0.2, 0.25) is 0 Å². The number of nitrogens with zero attached hydrogens (tertiary/aromatic N) is 2. The summed E-state index contributed by atoms with van der Waals surface area (Å²) in [6.45, 7) is 4.29. The van der Waals surface area contributed by atoms with Crippen molar-refractivity contribution in [1.29, 1.82) is 0 Å². The molecule has 1 aliphatic rings. The molecule has 6 heteroatoms. The lowest BCUT2D eigenvalue weighted by Crippen LogP contribution is -2.30. The quantitative estimate of drug-likeness (QED) is 0.666. The van der Waals surface area contributed by atoms with Crippen molar-refractivity contribution in [2.24, 2.45) is 0 Å². The van der Waals surface area contributed by atoms with Gasteiger partial charge < -0.3 is 5.32 Å². The number of rotatable bonds is 5. The number of pyridine rings is 1. The smallest absolute Gasteiger partial charge is 0.261 e. The molecule has 2 aromatic carbocycles. The molecule has 1 aliphatic heterocycles. The highest BCUT2D eigenvalue weighted by Crippen LogP contribution is 2.26. The molecule has 3 aromatic rings. The van der Waals surface area contributed by atoms with Crippen molar-refractivity contribution in [2.75, 3.05) is 11.9 Å². The van der Waals surface area contributed by atoms with Crippen LogP contribution < -0.4 is 5.32 Å². The minimum atomic E-state index is -0.351. The molecule has 4 rings (SSSR count). The van der Waals surface area contributed by atoms with Crippen LogP contribution in [0.15, 0.2) is 48.5 Å². The number of aromatic nitrogens is 1. The fourth-order valence-corrected chi connectivity index (χ4v) is 3.49. The molecule has 0 fully saturated rings. The van der Waals surface area contributed by atoms with Crippen molar-refractivity contribution in [3.05, 3.63) is 70.9 Å². The van der Waals surface area contributed by atoms with Crippen molar-refractivity contribution in [3.63, 3.8) is 0 Å². The van der Waals surface area contributed by atoms with E-state index in [-0.39, 0.29) is 23.3 Å². The van der Waals surface area contributed by atoms with E-state index in [0.29, 0.717) is 28.9 Å². The lowest BCUT2D eigenvalue weighted by Gasteiger charge is -2.12. The third-order valence-electron chi connectivity index (χ3n) is 5.08. The number of carbonyl (C=O) groups is 3. The Bertz CT molecular complexity index is 1150. The number of hydrogen-bond acceptors (Lipinski definition) is 4. The Balaban J connectivity index is 1.62. The molecule has 0 saturated carbocycles. The first-order valence-electron chi connectivity index (χ1n) is 9.67. The summed E-state index contributed by atoms with van der Waals surface area (Å²) < 4.78 is 0. The number of anilines is 1. The van der Waals surface area contributed by atoms with E-state index in [9.17, 15) is 14.4 Å². The van der Waals surface area contributed by atoms with Crippen LogP contribution in [0, 0.1) is 6.92 Å². The Labute approximate surface area is 168 Å². The number of nitrogens with one attached hydrogen (secondary N) is 1. The molecule has 2 heterocycles. The van der Waals surface area contributed by atoms with Gasteiger partial charge in [0.05, 0.1) is 22.3 Å². The minimum Gasteiger partial charge on any atom is -0.320 e. The number of benzene rings is 2. The Morgan fingerprint density at radius 2 is 1.83 bits per heavy atom. The predicted molar refractivity (Wildman–Crippen MR) is 111 cm³/mol. The molecule has 0 saturated heterocycles. The van der Waals surface area contributed by atoms with E-state index < -0.39 is 0 Å². The van der Waals surface area contributed by atoms with E-state index >= 15 is 0 Å². The van der Waals surface area contributed by atoms with Gasteiger partial charge in [-0.05, 0) is 43.7 Å². The van der Waals surface area contributed by atoms with Crippen molar-refractivity contribution >= 4 is 34.3 Å². The molecule has 3 amide bonds. The van der Waals surface area contributed by atoms with Gasteiger partial charge in [0, 0.05) is 23.2 Å². The van der Waals surface area contributed by atoms with Crippen molar-refractivity contribution in [2.45, 2.75) is 26.7 Å². The number of imide groups is 1. The van der Waals surface area contributed by atoms with E-state index in [1.165, 1.54) is 11.0 Å². The Morgan fingerprint density at radius 1 is 1.03 bits per heavy atom. The van der Waals surface area contributed by atoms with Crippen molar-refractivity contribution in [1.82, 2.24) is 9.88 Å². The molecule has 29 heavy (non-hydrogen) atoms. The number of amides is 3. The van der Waals surface area contributed by atoms with Crippen LogP contribution in [0.4, 0.5) is 5.69 Å². The fraction of sp³-hybridized carbons (Fsp3) is 0.217. The zero-order valence-corrected chi connectivity index (χ0v) is 16.4. The highest BCUT2D eigenvalue weighted by Gasteiger charge is 2.35. The lowest BCUT2D eigenvalue weighted by atomic mass is 10.0. The molecule has 146 valence electrons. The van der Waals surface area contributed by atoms with Crippen LogP contribution in [0.1, 0.15) is 56.5 Å². The number of para-hydroxylation sites is 1. The fourth-order valence-electron chi connectivity index (χ4n) is 3.49. The summed E-state index contributed by atoms with van der Waals surface area (Å²) in [5.74, 6) is -0.981. The van der Waals surface area contributed by atoms with Gasteiger partial charge in [-0.15, -0.1) is 0 Å². The average molecular weight is 387 g/mol. The Morgan fingerprint density at radius 3 is 2.62 bits per heavy atom. The van der Waals surface area contributed by atoms with Gasteiger partial charge >= 0.3 is 0 Å². The van der Waals surface area contributed by atoms with Gasteiger partial charge in [-0.25, -0.2) is 0 Å². The van der Waals surface area contributed by atoms with E-state index in [4.69, 9.17) is 0 Å². The average Bonchev–Trinajstić information content (AvgIpc) is 2.96. The second kappa shape index (κ2) is 7.47. The molecular formula is C23H21N3O3. The van der Waals surface area contributed by atoms with E-state index in [2.05, 4.69) is 10.3 Å². The highest BCUT2D eigenvalue weighted by molar-refractivity contribution is 6.22. The normalized spacial score (nSPS) is 13.1. The van der Waals surface area contributed by atoms with Crippen LogP contribution >= 0.6 is 0 Å². The maximum Gasteiger partial charge on any atom is 0.261 e. The van der Waals surface area contributed by atoms with Gasteiger partial charge in [0.1, 0.15) is 0 Å². The number of hydrogen-bond donors (Lipinski definition) is 1. The number of unbranched alkanes of at least 4 members (excludes halogenated alkanes) is 1. The molecule has 0 atom stereocenters. The first kappa shape index (κ1) is 18.8. The summed E-state index contributed by atoms with van der Waals surface area (Å²) >= 11 is 0. The second-order valence-corrected chi connectivity index (χ2v) is 7.16. The van der Waals surface area contributed by atoms with Crippen LogP contribution in [-0.4, -0.2) is 34.2 Å². The number of fused-ring (bicyclic) bond motifs is 2. The molecule has 0 unspecified atom stereocenters. The van der Waals surface area contributed by atoms with Crippen LogP contribution in [-0.2, 0) is 0 Å². The molecular weight excluding hydrogens is 366 g/mol. The van der Waals surface area contributed by atoms with Gasteiger partial charge in [0.15, 0.2) is 0 Å². The molecule has 0 aliphatic carbocycles. The second-order valence-electron chi connectivity index (χ2n) is 7.16. The largest absolute Gasteiger partial charge is 0.320 e. The maximum atomic E-state index is 12.8. The lowest BCUT2D eigenvalue weighted by molar-refractivity contribution is 0.0652. The van der Waals surface area contributed by atoms with E-state index in [1.54, 1.807) is 18.2 Å². The zero-order valence-electron chi connectivity index (χ0n) is 16.4. The topological polar surface area (TPSA) is 79.4 Å². The monoisotopic (exact) mass is 387 g/mol. The predicted octanol–water partition coefficient (Wildman–Crippen LogP) is 4.19. The van der Waals surface area contributed by atoms with Gasteiger partial charge in [-0.2, -0.15) is 0 Å². The summed E-state index contributed by atoms with van der Waals surface area (Å²) in [7, 11) is 0. The van der Waals surface area contributed by atoms with Crippen LogP contribution in [0.25, 0.3) is 10.9 Å². The van der Waals surface area contributed by atoms with Gasteiger partial charge in [0.2, 0.25) is 0 Å². The minimum absolute atomic E-state index is 0.283. The summed E-state index contributed by atoms with van der Waals surface area (Å²) in [5, 5.41) is 3.81. The van der Waals surface area contributed by atoms with Crippen molar-refractivity contribution < 1.29 is 14.4 Å². The molecule has 0 bridgehead atoms. The SMILES string of the molecule is CCCCN1C(=O)c2ccc(C(=O)Nc3cccc4ccc(C)nc34)cc2C1=O. The summed E-state index contributed by atoms with van der Waals surface area (Å²) in [5.41, 5.74) is 3.12. The third-order valence-corrected chi connectivity index (χ3v) is 5.08. The van der Waals surface area contributed by atoms with Crippen LogP contribution in [0.3, 0.4) is 0 Å². The van der Waals surface area contributed by atoms with Gasteiger partial charge in [0.25, 0.3) is 17.7 Å². The number of aryl methyl sites for hydroxylation is 1. The van der Waals surface area contributed by atoms with Gasteiger partial charge in [-0.1, -0.05) is 31.5 Å². The molecule has 1 aromatic heterocycles.